The van der Waals surface area contributed by atoms with E-state index >= 15 is 0 Å². The zero-order chi connectivity index (χ0) is 19.0. The van der Waals surface area contributed by atoms with E-state index in [-0.39, 0.29) is 11.1 Å². The monoisotopic (exact) mass is 433 g/mol. The summed E-state index contributed by atoms with van der Waals surface area (Å²) in [5.41, 5.74) is 9.91. The Morgan fingerprint density at radius 2 is 1.85 bits per heavy atom. The quantitative estimate of drug-likeness (QED) is 0.625. The molecule has 0 aliphatic carbocycles. The van der Waals surface area contributed by atoms with Crippen molar-refractivity contribution in [3.8, 4) is 5.19 Å². The molecule has 0 radical (unpaired) electrons. The molecule has 3 aromatic rings. The third-order valence-corrected chi connectivity index (χ3v) is 5.45. The Morgan fingerprint density at radius 3 is 2.46 bits per heavy atom. The molecular formula is C18H16BrN3O3S. The summed E-state index contributed by atoms with van der Waals surface area (Å²) in [6.07, 6.45) is -0.944. The summed E-state index contributed by atoms with van der Waals surface area (Å²) in [6, 6.07) is 7.51. The van der Waals surface area contributed by atoms with Gasteiger partial charge in [-0.25, -0.2) is 9.78 Å². The molecule has 8 heteroatoms. The van der Waals surface area contributed by atoms with E-state index in [2.05, 4.69) is 26.2 Å². The van der Waals surface area contributed by atoms with E-state index in [0.29, 0.717) is 20.3 Å². The number of primary amides is 1. The highest BCUT2D eigenvalue weighted by molar-refractivity contribution is 9.10. The minimum absolute atomic E-state index is 0.0994. The molecule has 1 aromatic heterocycles. The second-order valence-corrected chi connectivity index (χ2v) is 7.72. The number of hydrogen-bond donors (Lipinski definition) is 2. The summed E-state index contributed by atoms with van der Waals surface area (Å²) >= 11 is 4.52. The van der Waals surface area contributed by atoms with Crippen LogP contribution in [0, 0.1) is 20.8 Å². The van der Waals surface area contributed by atoms with Crippen LogP contribution in [0.5, 0.6) is 5.19 Å². The predicted molar refractivity (Wildman–Crippen MR) is 106 cm³/mol. The molecule has 26 heavy (non-hydrogen) atoms. The van der Waals surface area contributed by atoms with Gasteiger partial charge in [-0.3, -0.25) is 4.79 Å². The van der Waals surface area contributed by atoms with Crippen LogP contribution >= 0.6 is 27.3 Å². The molecule has 0 saturated heterocycles. The fourth-order valence-corrected chi connectivity index (χ4v) is 4.45. The van der Waals surface area contributed by atoms with Gasteiger partial charge in [0.25, 0.3) is 11.1 Å². The molecule has 134 valence electrons. The largest absolute Gasteiger partial charge is 0.411 e. The number of carbonyl (C=O) groups excluding carboxylic acids is 2. The lowest BCUT2D eigenvalue weighted by Crippen LogP contribution is -2.15. The van der Waals surface area contributed by atoms with Crippen LogP contribution in [-0.4, -0.2) is 17.0 Å². The molecule has 0 fully saturated rings. The molecule has 2 aromatic carbocycles. The number of anilines is 1. The van der Waals surface area contributed by atoms with Crippen LogP contribution in [-0.2, 0) is 0 Å². The Labute approximate surface area is 162 Å². The van der Waals surface area contributed by atoms with E-state index in [1.807, 2.05) is 32.9 Å². The van der Waals surface area contributed by atoms with E-state index in [1.165, 1.54) is 0 Å². The maximum atomic E-state index is 13.0. The first-order valence-electron chi connectivity index (χ1n) is 7.71. The van der Waals surface area contributed by atoms with Crippen molar-refractivity contribution >= 4 is 55.2 Å². The van der Waals surface area contributed by atoms with Crippen LogP contribution in [0.25, 0.3) is 10.2 Å². The Kier molecular flexibility index (Phi) is 4.97. The molecule has 3 rings (SSSR count). The molecule has 6 nitrogen and oxygen atoms in total. The lowest BCUT2D eigenvalue weighted by molar-refractivity contribution is 0.102. The molecule has 0 bridgehead atoms. The number of rotatable bonds is 3. The van der Waals surface area contributed by atoms with Crippen LogP contribution in [0.3, 0.4) is 0 Å². The van der Waals surface area contributed by atoms with Crippen molar-refractivity contribution in [3.63, 3.8) is 0 Å². The van der Waals surface area contributed by atoms with Crippen LogP contribution in [0.4, 0.5) is 10.5 Å². The first-order chi connectivity index (χ1) is 12.3. The fourth-order valence-electron chi connectivity index (χ4n) is 2.84. The molecule has 0 unspecified atom stereocenters. The number of nitrogens with one attached hydrogen (secondary N) is 1. The number of halogens is 1. The third-order valence-electron chi connectivity index (χ3n) is 3.82. The third kappa shape index (κ3) is 3.56. The number of nitrogens with zero attached hydrogens (tertiary/aromatic N) is 1. The van der Waals surface area contributed by atoms with Gasteiger partial charge in [0.2, 0.25) is 0 Å². The van der Waals surface area contributed by atoms with Crippen molar-refractivity contribution in [2.75, 3.05) is 5.32 Å². The van der Waals surface area contributed by atoms with Crippen LogP contribution in [0.1, 0.15) is 27.0 Å². The second-order valence-electron chi connectivity index (χ2n) is 5.90. The Balaban J connectivity index is 2.04. The van der Waals surface area contributed by atoms with Gasteiger partial charge in [0.15, 0.2) is 0 Å². The highest BCUT2D eigenvalue weighted by atomic mass is 79.9. The van der Waals surface area contributed by atoms with Crippen molar-refractivity contribution in [1.82, 2.24) is 4.98 Å². The number of fused-ring (bicyclic) bond motifs is 1. The Bertz CT molecular complexity index is 1020. The van der Waals surface area contributed by atoms with Gasteiger partial charge in [-0.05, 0) is 60.0 Å². The minimum atomic E-state index is -0.944. The molecule has 1 heterocycles. The van der Waals surface area contributed by atoms with E-state index in [4.69, 9.17) is 10.5 Å². The van der Waals surface area contributed by atoms with Crippen molar-refractivity contribution in [3.05, 3.63) is 51.0 Å². The zero-order valence-electron chi connectivity index (χ0n) is 14.3. The van der Waals surface area contributed by atoms with Crippen LogP contribution in [0.15, 0.2) is 28.7 Å². The summed E-state index contributed by atoms with van der Waals surface area (Å²) in [7, 11) is 0. The standard InChI is InChI=1S/C18H16BrN3O3S/c1-8-6-9(2)14(10(3)7-8)22-16(23)13-11(19)4-5-12-15(13)26-18(21-12)25-17(20)24/h4-7H,1-3H3,(H2,20,24)(H,22,23). The van der Waals surface area contributed by atoms with Crippen molar-refractivity contribution in [2.45, 2.75) is 20.8 Å². The smallest absolute Gasteiger partial charge is 0.381 e. The summed E-state index contributed by atoms with van der Waals surface area (Å²) in [6.45, 7) is 5.92. The van der Waals surface area contributed by atoms with E-state index < -0.39 is 6.09 Å². The normalized spacial score (nSPS) is 10.8. The van der Waals surface area contributed by atoms with Gasteiger partial charge < -0.3 is 15.8 Å². The van der Waals surface area contributed by atoms with Crippen molar-refractivity contribution < 1.29 is 14.3 Å². The Hall–Kier alpha value is -2.45. The van der Waals surface area contributed by atoms with Gasteiger partial charge in [0.05, 0.1) is 15.8 Å². The minimum Gasteiger partial charge on any atom is -0.381 e. The van der Waals surface area contributed by atoms with Gasteiger partial charge >= 0.3 is 6.09 Å². The molecule has 0 aliphatic heterocycles. The summed E-state index contributed by atoms with van der Waals surface area (Å²) in [5, 5.41) is 3.08. The number of ether oxygens (including phenoxy) is 1. The van der Waals surface area contributed by atoms with E-state index in [1.54, 1.807) is 12.1 Å². The first kappa shape index (κ1) is 18.3. The van der Waals surface area contributed by atoms with Crippen molar-refractivity contribution in [1.29, 1.82) is 0 Å². The van der Waals surface area contributed by atoms with Crippen molar-refractivity contribution in [2.24, 2.45) is 5.73 Å². The molecule has 3 N–H and O–H groups in total. The summed E-state index contributed by atoms with van der Waals surface area (Å²) in [4.78, 5) is 28.1. The molecule has 2 amide bonds. The lowest BCUT2D eigenvalue weighted by Gasteiger charge is -2.13. The average Bonchev–Trinajstić information content (AvgIpc) is 2.91. The SMILES string of the molecule is Cc1cc(C)c(NC(=O)c2c(Br)ccc3nc(OC(N)=O)sc23)c(C)c1. The number of thiazole rings is 1. The van der Waals surface area contributed by atoms with Gasteiger partial charge in [-0.15, -0.1) is 0 Å². The average molecular weight is 434 g/mol. The maximum absolute atomic E-state index is 13.0. The number of amides is 2. The van der Waals surface area contributed by atoms with Gasteiger partial charge in [0.1, 0.15) is 0 Å². The number of aryl methyl sites for hydroxylation is 3. The number of benzene rings is 2. The topological polar surface area (TPSA) is 94.3 Å². The highest BCUT2D eigenvalue weighted by Crippen LogP contribution is 2.35. The molecule has 0 atom stereocenters. The molecule has 0 aliphatic rings. The number of aromatic nitrogens is 1. The first-order valence-corrected chi connectivity index (χ1v) is 9.32. The molecule has 0 spiro atoms. The maximum Gasteiger partial charge on any atom is 0.411 e. The van der Waals surface area contributed by atoms with Gasteiger partial charge in [-0.1, -0.05) is 29.0 Å². The zero-order valence-corrected chi connectivity index (χ0v) is 16.7. The molecule has 0 saturated carbocycles. The van der Waals surface area contributed by atoms with Gasteiger partial charge in [0, 0.05) is 10.2 Å². The summed E-state index contributed by atoms with van der Waals surface area (Å²) in [5.74, 6) is -0.271. The number of nitrogens with two attached hydrogens (primary N) is 1. The van der Waals surface area contributed by atoms with E-state index in [0.717, 1.165) is 33.7 Å². The molecular weight excluding hydrogens is 418 g/mol. The summed E-state index contributed by atoms with van der Waals surface area (Å²) < 4.78 is 6.07. The number of hydrogen-bond acceptors (Lipinski definition) is 5. The fraction of sp³-hybridized carbons (Fsp3) is 0.167. The predicted octanol–water partition coefficient (Wildman–Crippen LogP) is 4.69. The number of carbonyl (C=O) groups is 2. The second kappa shape index (κ2) is 7.05. The van der Waals surface area contributed by atoms with Crippen LogP contribution < -0.4 is 15.8 Å². The lowest BCUT2D eigenvalue weighted by atomic mass is 10.0. The van der Waals surface area contributed by atoms with E-state index in [9.17, 15) is 9.59 Å². The van der Waals surface area contributed by atoms with Crippen LogP contribution in [0.2, 0.25) is 0 Å². The Morgan fingerprint density at radius 1 is 1.19 bits per heavy atom. The highest BCUT2D eigenvalue weighted by Gasteiger charge is 2.20. The van der Waals surface area contributed by atoms with Gasteiger partial charge in [-0.2, -0.15) is 0 Å².